The molecular weight excluding hydrogens is 446 g/mol. The summed E-state index contributed by atoms with van der Waals surface area (Å²) in [4.78, 5) is 22.0. The van der Waals surface area contributed by atoms with Crippen LogP contribution in [-0.2, 0) is 6.54 Å². The molecule has 0 radical (unpaired) electrons. The van der Waals surface area contributed by atoms with Crippen LogP contribution in [0.5, 0.6) is 0 Å². The van der Waals surface area contributed by atoms with E-state index in [9.17, 15) is 4.79 Å². The zero-order valence-electron chi connectivity index (χ0n) is 19.3. The summed E-state index contributed by atoms with van der Waals surface area (Å²) in [5.41, 5.74) is 4.25. The molecule has 1 amide bonds. The summed E-state index contributed by atoms with van der Waals surface area (Å²) in [5.74, 6) is 0.0161. The Labute approximate surface area is 203 Å². The molecule has 174 valence electrons. The Morgan fingerprint density at radius 1 is 1.12 bits per heavy atom. The SMILES string of the molecule is CSc1cccc(-c2cnn(C[C@@H]3CCCCN3C(=O)c3cc(C)ccc3-n3nccn3)c2)n1. The van der Waals surface area contributed by atoms with E-state index in [0.29, 0.717) is 17.8 Å². The van der Waals surface area contributed by atoms with Crippen molar-refractivity contribution < 1.29 is 4.79 Å². The number of pyridine rings is 1. The van der Waals surface area contributed by atoms with Crippen molar-refractivity contribution in [3.05, 3.63) is 72.3 Å². The number of thioether (sulfide) groups is 1. The first-order valence-electron chi connectivity index (χ1n) is 11.4. The van der Waals surface area contributed by atoms with Crippen molar-refractivity contribution in [2.45, 2.75) is 43.8 Å². The van der Waals surface area contributed by atoms with Gasteiger partial charge in [0.15, 0.2) is 0 Å². The summed E-state index contributed by atoms with van der Waals surface area (Å²) in [6.45, 7) is 3.38. The molecule has 1 aliphatic heterocycles. The molecule has 0 aliphatic carbocycles. The van der Waals surface area contributed by atoms with Gasteiger partial charge in [-0.1, -0.05) is 17.7 Å². The number of benzene rings is 1. The molecule has 1 aliphatic rings. The molecule has 34 heavy (non-hydrogen) atoms. The van der Waals surface area contributed by atoms with Crippen molar-refractivity contribution in [3.63, 3.8) is 0 Å². The first-order valence-corrected chi connectivity index (χ1v) is 12.7. The Kier molecular flexibility index (Phi) is 6.44. The van der Waals surface area contributed by atoms with Crippen LogP contribution < -0.4 is 0 Å². The largest absolute Gasteiger partial charge is 0.334 e. The van der Waals surface area contributed by atoms with E-state index < -0.39 is 0 Å². The lowest BCUT2D eigenvalue weighted by Crippen LogP contribution is -2.46. The molecule has 4 aromatic rings. The molecule has 1 fully saturated rings. The fourth-order valence-electron chi connectivity index (χ4n) is 4.45. The predicted octanol–water partition coefficient (Wildman–Crippen LogP) is 4.25. The van der Waals surface area contributed by atoms with Gasteiger partial charge in [-0.05, 0) is 56.7 Å². The van der Waals surface area contributed by atoms with Crippen molar-refractivity contribution in [1.82, 2.24) is 34.7 Å². The molecule has 1 aromatic carbocycles. The van der Waals surface area contributed by atoms with Gasteiger partial charge < -0.3 is 4.90 Å². The molecule has 1 atom stereocenters. The third-order valence-corrected chi connectivity index (χ3v) is 6.81. The summed E-state index contributed by atoms with van der Waals surface area (Å²) in [6, 6.07) is 11.9. The second kappa shape index (κ2) is 9.80. The van der Waals surface area contributed by atoms with Crippen LogP contribution in [0.1, 0.15) is 35.2 Å². The van der Waals surface area contributed by atoms with E-state index in [1.807, 2.05) is 71.6 Å². The third-order valence-electron chi connectivity index (χ3n) is 6.16. The molecule has 9 heteroatoms. The van der Waals surface area contributed by atoms with Crippen LogP contribution in [0.3, 0.4) is 0 Å². The van der Waals surface area contributed by atoms with E-state index in [4.69, 9.17) is 0 Å². The molecule has 0 spiro atoms. The highest BCUT2D eigenvalue weighted by atomic mass is 32.2. The molecule has 0 unspecified atom stereocenters. The highest BCUT2D eigenvalue weighted by Gasteiger charge is 2.30. The number of rotatable bonds is 6. The number of nitrogens with zero attached hydrogens (tertiary/aromatic N) is 7. The fraction of sp³-hybridized carbons (Fsp3) is 0.320. The molecule has 8 nitrogen and oxygen atoms in total. The number of carbonyl (C=O) groups is 1. The maximum Gasteiger partial charge on any atom is 0.256 e. The second-order valence-electron chi connectivity index (χ2n) is 8.50. The summed E-state index contributed by atoms with van der Waals surface area (Å²) >= 11 is 1.62. The van der Waals surface area contributed by atoms with E-state index in [-0.39, 0.29) is 11.9 Å². The summed E-state index contributed by atoms with van der Waals surface area (Å²) < 4.78 is 1.94. The van der Waals surface area contributed by atoms with Crippen LogP contribution in [0.25, 0.3) is 16.9 Å². The van der Waals surface area contributed by atoms with Gasteiger partial charge in [-0.15, -0.1) is 11.8 Å². The molecule has 0 N–H and O–H groups in total. The van der Waals surface area contributed by atoms with Crippen molar-refractivity contribution >= 4 is 17.7 Å². The Morgan fingerprint density at radius 3 is 2.79 bits per heavy atom. The quantitative estimate of drug-likeness (QED) is 0.390. The number of amides is 1. The molecule has 0 saturated carbocycles. The third kappa shape index (κ3) is 4.61. The molecular formula is C25H27N7OS. The topological polar surface area (TPSA) is 81.7 Å². The minimum atomic E-state index is 0.0161. The molecule has 4 heterocycles. The van der Waals surface area contributed by atoms with Crippen molar-refractivity contribution in [2.24, 2.45) is 0 Å². The summed E-state index contributed by atoms with van der Waals surface area (Å²) in [6.07, 6.45) is 12.2. The van der Waals surface area contributed by atoms with Crippen LogP contribution in [-0.4, -0.2) is 59.4 Å². The lowest BCUT2D eigenvalue weighted by Gasteiger charge is -2.36. The Morgan fingerprint density at radius 2 is 1.97 bits per heavy atom. The lowest BCUT2D eigenvalue weighted by atomic mass is 9.99. The number of aryl methyl sites for hydroxylation is 1. The van der Waals surface area contributed by atoms with Crippen molar-refractivity contribution in [3.8, 4) is 16.9 Å². The predicted molar refractivity (Wildman–Crippen MR) is 132 cm³/mol. The van der Waals surface area contributed by atoms with Crippen molar-refractivity contribution in [1.29, 1.82) is 0 Å². The lowest BCUT2D eigenvalue weighted by molar-refractivity contribution is 0.0583. The average Bonchev–Trinajstić information content (AvgIpc) is 3.57. The molecule has 3 aromatic heterocycles. The first kappa shape index (κ1) is 22.3. The van der Waals surface area contributed by atoms with Crippen LogP contribution in [0.2, 0.25) is 0 Å². The standard InChI is InChI=1S/C25H27N7OS/c1-18-9-10-23(32-26-11-12-27-32)21(14-18)25(33)31-13-4-3-6-20(31)17-30-16-19(15-28-30)22-7-5-8-24(29-22)34-2/h5,7-12,14-16,20H,3-4,6,13,17H2,1-2H3/t20-/m0/s1. The van der Waals surface area contributed by atoms with Gasteiger partial charge in [-0.3, -0.25) is 9.48 Å². The number of hydrogen-bond donors (Lipinski definition) is 0. The van der Waals surface area contributed by atoms with Crippen LogP contribution >= 0.6 is 11.8 Å². The second-order valence-corrected chi connectivity index (χ2v) is 9.33. The van der Waals surface area contributed by atoms with E-state index >= 15 is 0 Å². The monoisotopic (exact) mass is 473 g/mol. The maximum absolute atomic E-state index is 13.8. The maximum atomic E-state index is 13.8. The number of carbonyl (C=O) groups excluding carboxylic acids is 1. The van der Waals surface area contributed by atoms with E-state index in [1.54, 1.807) is 24.2 Å². The normalized spacial score (nSPS) is 16.1. The average molecular weight is 474 g/mol. The van der Waals surface area contributed by atoms with Gasteiger partial charge in [0.25, 0.3) is 5.91 Å². The van der Waals surface area contributed by atoms with Crippen LogP contribution in [0.4, 0.5) is 0 Å². The van der Waals surface area contributed by atoms with Crippen LogP contribution in [0.15, 0.2) is 66.2 Å². The number of hydrogen-bond acceptors (Lipinski definition) is 6. The Bertz CT molecular complexity index is 1280. The minimum absolute atomic E-state index is 0.0161. The number of likely N-dealkylation sites (tertiary alicyclic amines) is 1. The van der Waals surface area contributed by atoms with Crippen molar-refractivity contribution in [2.75, 3.05) is 12.8 Å². The Balaban J connectivity index is 1.39. The number of piperidine rings is 1. The van der Waals surface area contributed by atoms with Gasteiger partial charge in [0.1, 0.15) is 0 Å². The van der Waals surface area contributed by atoms with Gasteiger partial charge in [0, 0.05) is 18.3 Å². The van der Waals surface area contributed by atoms with Crippen LogP contribution in [0, 0.1) is 6.92 Å². The van der Waals surface area contributed by atoms with E-state index in [1.165, 1.54) is 4.80 Å². The van der Waals surface area contributed by atoms with Gasteiger partial charge in [-0.25, -0.2) is 4.98 Å². The number of aromatic nitrogens is 6. The first-order chi connectivity index (χ1) is 16.6. The molecule has 0 bridgehead atoms. The highest BCUT2D eigenvalue weighted by molar-refractivity contribution is 7.98. The Hall–Kier alpha value is -3.46. The zero-order valence-corrected chi connectivity index (χ0v) is 20.1. The van der Waals surface area contributed by atoms with E-state index in [0.717, 1.165) is 47.7 Å². The smallest absolute Gasteiger partial charge is 0.256 e. The fourth-order valence-corrected chi connectivity index (χ4v) is 4.85. The minimum Gasteiger partial charge on any atom is -0.334 e. The van der Waals surface area contributed by atoms with Gasteiger partial charge in [0.05, 0.1) is 53.1 Å². The highest BCUT2D eigenvalue weighted by Crippen LogP contribution is 2.25. The zero-order chi connectivity index (χ0) is 23.5. The molecule has 1 saturated heterocycles. The van der Waals surface area contributed by atoms with Gasteiger partial charge in [0.2, 0.25) is 0 Å². The van der Waals surface area contributed by atoms with Gasteiger partial charge in [-0.2, -0.15) is 20.1 Å². The summed E-state index contributed by atoms with van der Waals surface area (Å²) in [5, 5.41) is 14.1. The van der Waals surface area contributed by atoms with E-state index in [2.05, 4.69) is 20.3 Å². The molecule has 5 rings (SSSR count). The summed E-state index contributed by atoms with van der Waals surface area (Å²) in [7, 11) is 0. The van der Waals surface area contributed by atoms with Gasteiger partial charge >= 0.3 is 0 Å².